The summed E-state index contributed by atoms with van der Waals surface area (Å²) in [6.07, 6.45) is 3.25. The fourth-order valence-corrected chi connectivity index (χ4v) is 3.42. The molecule has 0 radical (unpaired) electrons. The van der Waals surface area contributed by atoms with Crippen molar-refractivity contribution >= 4 is 29.3 Å². The molecular weight excluding hydrogens is 364 g/mol. The summed E-state index contributed by atoms with van der Waals surface area (Å²) in [6.45, 7) is 3.18. The van der Waals surface area contributed by atoms with Gasteiger partial charge in [0.1, 0.15) is 6.54 Å². The number of rotatable bonds is 5. The summed E-state index contributed by atoms with van der Waals surface area (Å²) in [7, 11) is 1.24. The maximum absolute atomic E-state index is 12.9. The van der Waals surface area contributed by atoms with E-state index in [1.165, 1.54) is 29.6 Å². The van der Waals surface area contributed by atoms with Crippen LogP contribution in [0.25, 0.3) is 11.1 Å². The van der Waals surface area contributed by atoms with Crippen molar-refractivity contribution in [3.63, 3.8) is 0 Å². The van der Waals surface area contributed by atoms with Crippen LogP contribution in [0.5, 0.6) is 0 Å². The van der Waals surface area contributed by atoms with Crippen LogP contribution < -0.4 is 11.2 Å². The van der Waals surface area contributed by atoms with Crippen LogP contribution >= 0.6 is 23.4 Å². The number of benzene rings is 1. The van der Waals surface area contributed by atoms with Crippen molar-refractivity contribution in [3.8, 4) is 11.1 Å². The summed E-state index contributed by atoms with van der Waals surface area (Å²) >= 11 is 7.88. The Morgan fingerprint density at radius 1 is 1.28 bits per heavy atom. The zero-order valence-electron chi connectivity index (χ0n) is 14.4. The van der Waals surface area contributed by atoms with Crippen LogP contribution in [-0.2, 0) is 16.1 Å². The lowest BCUT2D eigenvalue weighted by atomic mass is 10.1. The van der Waals surface area contributed by atoms with E-state index in [1.54, 1.807) is 26.0 Å². The zero-order valence-corrected chi connectivity index (χ0v) is 16.0. The SMILES string of the molecule is COC(=O)Cn1cc(-c2cccc(SC)c2Cl)c(=O)n(C(C)C)c1=O. The Morgan fingerprint density at radius 3 is 2.52 bits per heavy atom. The molecule has 2 aromatic rings. The number of thioether (sulfide) groups is 1. The summed E-state index contributed by atoms with van der Waals surface area (Å²) < 4.78 is 6.91. The van der Waals surface area contributed by atoms with Gasteiger partial charge in [0.05, 0.1) is 17.7 Å². The lowest BCUT2D eigenvalue weighted by Crippen LogP contribution is -2.42. The van der Waals surface area contributed by atoms with Crippen molar-refractivity contribution in [1.29, 1.82) is 0 Å². The quantitative estimate of drug-likeness (QED) is 0.587. The van der Waals surface area contributed by atoms with Crippen LogP contribution in [-0.4, -0.2) is 28.5 Å². The highest BCUT2D eigenvalue weighted by atomic mass is 35.5. The van der Waals surface area contributed by atoms with E-state index in [0.29, 0.717) is 10.6 Å². The Bertz CT molecular complexity index is 918. The van der Waals surface area contributed by atoms with Crippen LogP contribution in [0, 0.1) is 0 Å². The van der Waals surface area contributed by atoms with Crippen LogP contribution in [0.15, 0.2) is 38.9 Å². The van der Waals surface area contributed by atoms with Gasteiger partial charge in [-0.1, -0.05) is 23.7 Å². The third-order valence-electron chi connectivity index (χ3n) is 3.70. The molecule has 0 amide bonds. The second-order valence-electron chi connectivity index (χ2n) is 5.62. The molecule has 0 unspecified atom stereocenters. The van der Waals surface area contributed by atoms with Crippen LogP contribution in [0.4, 0.5) is 0 Å². The van der Waals surface area contributed by atoms with E-state index in [-0.39, 0.29) is 18.2 Å². The highest BCUT2D eigenvalue weighted by Gasteiger charge is 2.19. The van der Waals surface area contributed by atoms with Crippen molar-refractivity contribution in [2.75, 3.05) is 13.4 Å². The van der Waals surface area contributed by atoms with Crippen molar-refractivity contribution in [2.45, 2.75) is 31.3 Å². The van der Waals surface area contributed by atoms with E-state index in [4.69, 9.17) is 11.6 Å². The van der Waals surface area contributed by atoms with Gasteiger partial charge in [0.15, 0.2) is 0 Å². The molecular formula is C17H19ClN2O4S. The normalized spacial score (nSPS) is 11.0. The maximum atomic E-state index is 12.9. The largest absolute Gasteiger partial charge is 0.468 e. The predicted molar refractivity (Wildman–Crippen MR) is 99.6 cm³/mol. The number of nitrogens with zero attached hydrogens (tertiary/aromatic N) is 2. The van der Waals surface area contributed by atoms with Gasteiger partial charge >= 0.3 is 11.7 Å². The van der Waals surface area contributed by atoms with Crippen LogP contribution in [0.3, 0.4) is 0 Å². The lowest BCUT2D eigenvalue weighted by Gasteiger charge is -2.16. The van der Waals surface area contributed by atoms with E-state index < -0.39 is 17.2 Å². The van der Waals surface area contributed by atoms with Crippen LogP contribution in [0.1, 0.15) is 19.9 Å². The lowest BCUT2D eigenvalue weighted by molar-refractivity contribution is -0.141. The fraction of sp³-hybridized carbons (Fsp3) is 0.353. The monoisotopic (exact) mass is 382 g/mol. The minimum Gasteiger partial charge on any atom is -0.468 e. The standard InChI is InChI=1S/C17H19ClN2O4S/c1-10(2)20-16(22)12(8-19(17(20)23)9-14(21)24-3)11-6-5-7-13(25-4)15(11)18/h5-8,10H,9H2,1-4H3. The molecule has 0 fully saturated rings. The Morgan fingerprint density at radius 2 is 1.96 bits per heavy atom. The average Bonchev–Trinajstić information content (AvgIpc) is 2.57. The highest BCUT2D eigenvalue weighted by molar-refractivity contribution is 7.98. The van der Waals surface area contributed by atoms with E-state index in [0.717, 1.165) is 9.46 Å². The highest BCUT2D eigenvalue weighted by Crippen LogP contribution is 2.33. The first-order valence-corrected chi connectivity index (χ1v) is 9.17. The molecule has 1 aromatic heterocycles. The second-order valence-corrected chi connectivity index (χ2v) is 6.85. The summed E-state index contributed by atoms with van der Waals surface area (Å²) in [6, 6.07) is 4.99. The van der Waals surface area contributed by atoms with Crippen molar-refractivity contribution in [1.82, 2.24) is 9.13 Å². The molecule has 1 heterocycles. The Hall–Kier alpha value is -1.99. The molecule has 1 aromatic carbocycles. The summed E-state index contributed by atoms with van der Waals surface area (Å²) in [5.41, 5.74) is -0.225. The molecule has 0 aliphatic heterocycles. The number of hydrogen-bond donors (Lipinski definition) is 0. The van der Waals surface area contributed by atoms with Gasteiger partial charge in [-0.05, 0) is 26.2 Å². The van der Waals surface area contributed by atoms with Gasteiger partial charge in [0.25, 0.3) is 5.56 Å². The van der Waals surface area contributed by atoms with Crippen molar-refractivity contribution < 1.29 is 9.53 Å². The van der Waals surface area contributed by atoms with Gasteiger partial charge < -0.3 is 4.74 Å². The third kappa shape index (κ3) is 3.82. The first-order valence-electron chi connectivity index (χ1n) is 7.57. The maximum Gasteiger partial charge on any atom is 0.331 e. The fourth-order valence-electron chi connectivity index (χ4n) is 2.45. The summed E-state index contributed by atoms with van der Waals surface area (Å²) in [4.78, 5) is 37.9. The van der Waals surface area contributed by atoms with E-state index >= 15 is 0 Å². The predicted octanol–water partition coefficient (Wildman–Crippen LogP) is 2.81. The van der Waals surface area contributed by atoms with Gasteiger partial charge in [-0.2, -0.15) is 0 Å². The average molecular weight is 383 g/mol. The number of ether oxygens (including phenoxy) is 1. The molecule has 8 heteroatoms. The molecule has 2 rings (SSSR count). The molecule has 0 atom stereocenters. The van der Waals surface area contributed by atoms with Gasteiger partial charge in [-0.25, -0.2) is 4.79 Å². The number of esters is 1. The summed E-state index contributed by atoms with van der Waals surface area (Å²) in [5, 5.41) is 0.436. The number of hydrogen-bond acceptors (Lipinski definition) is 5. The van der Waals surface area contributed by atoms with E-state index in [9.17, 15) is 14.4 Å². The number of carbonyl (C=O) groups is 1. The minimum absolute atomic E-state index is 0.262. The molecule has 0 spiro atoms. The topological polar surface area (TPSA) is 70.3 Å². The van der Waals surface area contributed by atoms with Gasteiger partial charge in [-0.15, -0.1) is 11.8 Å². The Labute approximate surface area is 154 Å². The van der Waals surface area contributed by atoms with Gasteiger partial charge in [0.2, 0.25) is 0 Å². The first-order chi connectivity index (χ1) is 11.8. The van der Waals surface area contributed by atoms with Crippen molar-refractivity contribution in [2.24, 2.45) is 0 Å². The van der Waals surface area contributed by atoms with Gasteiger partial charge in [-0.3, -0.25) is 18.7 Å². The number of halogens is 1. The molecule has 0 N–H and O–H groups in total. The molecule has 25 heavy (non-hydrogen) atoms. The molecule has 0 saturated heterocycles. The van der Waals surface area contributed by atoms with Crippen LogP contribution in [0.2, 0.25) is 5.02 Å². The Balaban J connectivity index is 2.80. The molecule has 6 nitrogen and oxygen atoms in total. The van der Waals surface area contributed by atoms with E-state index in [1.807, 2.05) is 12.3 Å². The Kier molecular flexibility index (Phi) is 6.13. The molecule has 0 saturated carbocycles. The van der Waals surface area contributed by atoms with Gasteiger partial charge in [0, 0.05) is 22.7 Å². The summed E-state index contributed by atoms with van der Waals surface area (Å²) in [5.74, 6) is -0.578. The zero-order chi connectivity index (χ0) is 18.7. The minimum atomic E-state index is -0.578. The molecule has 134 valence electrons. The molecule has 0 aliphatic carbocycles. The van der Waals surface area contributed by atoms with Crippen molar-refractivity contribution in [3.05, 3.63) is 50.3 Å². The van der Waals surface area contributed by atoms with E-state index in [2.05, 4.69) is 4.74 Å². The number of aromatic nitrogens is 2. The second kappa shape index (κ2) is 7.93. The molecule has 0 bridgehead atoms. The smallest absolute Gasteiger partial charge is 0.331 e. The number of carbonyl (C=O) groups excluding carboxylic acids is 1. The molecule has 0 aliphatic rings. The first kappa shape index (κ1) is 19.3. The number of methoxy groups -OCH3 is 1. The third-order valence-corrected chi connectivity index (χ3v) is 5.00.